The lowest BCUT2D eigenvalue weighted by Crippen LogP contribution is -1.84. The first-order valence-electron chi connectivity index (χ1n) is 14.0. The summed E-state index contributed by atoms with van der Waals surface area (Å²) in [6.07, 6.45) is 0. The van der Waals surface area contributed by atoms with Crippen molar-refractivity contribution in [1.29, 1.82) is 0 Å². The van der Waals surface area contributed by atoms with E-state index >= 15 is 0 Å². The van der Waals surface area contributed by atoms with E-state index in [4.69, 9.17) is 12.2 Å². The van der Waals surface area contributed by atoms with Gasteiger partial charge in [0.25, 0.3) is 0 Å². The third-order valence-corrected chi connectivity index (χ3v) is 7.15. The van der Waals surface area contributed by atoms with Gasteiger partial charge in [-0.25, -0.2) is 0 Å². The third-order valence-electron chi connectivity index (χ3n) is 5.61. The zero-order valence-electron chi connectivity index (χ0n) is 25.2. The number of hydrogen-bond donors (Lipinski definition) is 0. The Balaban J connectivity index is 0.000000267. The summed E-state index contributed by atoms with van der Waals surface area (Å²) in [6, 6.07) is 38.0. The van der Waals surface area contributed by atoms with Crippen molar-refractivity contribution in [1.82, 2.24) is 4.57 Å². The van der Waals surface area contributed by atoms with Crippen LogP contribution in [0.4, 0.5) is 0 Å². The van der Waals surface area contributed by atoms with Crippen molar-refractivity contribution in [3.05, 3.63) is 124 Å². The quantitative estimate of drug-likeness (QED) is 0.169. The molecule has 0 atom stereocenters. The minimum atomic E-state index is 0.936. The highest BCUT2D eigenvalue weighted by Crippen LogP contribution is 2.21. The van der Waals surface area contributed by atoms with Gasteiger partial charge >= 0.3 is 0 Å². The number of benzene rings is 5. The first-order valence-corrected chi connectivity index (χ1v) is 15.2. The van der Waals surface area contributed by atoms with Gasteiger partial charge in [-0.15, -0.1) is 11.3 Å². The first-order chi connectivity index (χ1) is 19.0. The molecule has 0 aliphatic heterocycles. The van der Waals surface area contributed by atoms with Crippen LogP contribution in [0.25, 0.3) is 31.8 Å². The van der Waals surface area contributed by atoms with Crippen molar-refractivity contribution in [2.45, 2.75) is 55.4 Å². The van der Waals surface area contributed by atoms with E-state index in [1.807, 2.05) is 65.3 Å². The molecule has 0 saturated carbocycles. The summed E-state index contributed by atoms with van der Waals surface area (Å²) in [5.74, 6) is 0. The van der Waals surface area contributed by atoms with Crippen molar-refractivity contribution in [2.24, 2.45) is 7.05 Å². The minimum Gasteiger partial charge on any atom is -0.326 e. The molecule has 5 aromatic carbocycles. The summed E-state index contributed by atoms with van der Waals surface area (Å²) in [7, 11) is 2.00. The number of nitrogens with zero attached hydrogens (tertiary/aromatic N) is 1. The van der Waals surface area contributed by atoms with E-state index in [-0.39, 0.29) is 0 Å². The van der Waals surface area contributed by atoms with Crippen LogP contribution in [0, 0.1) is 17.8 Å². The second-order valence-electron chi connectivity index (χ2n) is 8.04. The summed E-state index contributed by atoms with van der Waals surface area (Å²) in [4.78, 5) is 0. The molecule has 1 aromatic heterocycles. The fourth-order valence-corrected chi connectivity index (χ4v) is 5.02. The highest BCUT2D eigenvalue weighted by molar-refractivity contribution is 7.73. The number of thiazole rings is 1. The van der Waals surface area contributed by atoms with Gasteiger partial charge in [0.05, 0.1) is 10.2 Å². The van der Waals surface area contributed by atoms with Gasteiger partial charge in [-0.05, 0) is 65.3 Å². The lowest BCUT2D eigenvalue weighted by molar-refractivity contribution is 0.964. The maximum Gasteiger partial charge on any atom is 0.161 e. The Morgan fingerprint density at radius 3 is 1.74 bits per heavy atom. The van der Waals surface area contributed by atoms with Crippen molar-refractivity contribution < 1.29 is 0 Å². The van der Waals surface area contributed by atoms with Gasteiger partial charge in [0.15, 0.2) is 3.95 Å². The number of rotatable bonds is 0. The van der Waals surface area contributed by atoms with Crippen LogP contribution in [0.5, 0.6) is 0 Å². The molecule has 0 spiro atoms. The van der Waals surface area contributed by atoms with E-state index in [1.54, 1.807) is 11.3 Å². The van der Waals surface area contributed by atoms with Gasteiger partial charge in [0.1, 0.15) is 0 Å². The van der Waals surface area contributed by atoms with Gasteiger partial charge in [-0.1, -0.05) is 144 Å². The van der Waals surface area contributed by atoms with Crippen molar-refractivity contribution in [3.8, 4) is 0 Å². The molecule has 0 aliphatic carbocycles. The molecule has 1 heterocycles. The monoisotopic (exact) mass is 555 g/mol. The zero-order chi connectivity index (χ0) is 29.2. The zero-order valence-corrected chi connectivity index (χ0v) is 26.8. The standard InChI is InChI=1S/2C11H10.C8H7NS2.3C2H6/c1-9-5-4-7-10-6-2-3-8-11(9)10;1-9-6-7-10-4-2-3-5-11(10)8-9;1-9-6-4-2-3-5-7(6)11-8(9)10;3*1-2/h2*2-8H,1H3;2-5H,1H3;3*1-2H3. The molecule has 6 rings (SSSR count). The van der Waals surface area contributed by atoms with Gasteiger partial charge in [-0.3, -0.25) is 0 Å². The molecule has 0 radical (unpaired) electrons. The van der Waals surface area contributed by atoms with Gasteiger partial charge in [0.2, 0.25) is 0 Å². The lowest BCUT2D eigenvalue weighted by atomic mass is 10.1. The van der Waals surface area contributed by atoms with E-state index in [0.29, 0.717) is 0 Å². The minimum absolute atomic E-state index is 0.936. The molecule has 206 valence electrons. The Hall–Kier alpha value is -3.27. The summed E-state index contributed by atoms with van der Waals surface area (Å²) < 4.78 is 4.24. The lowest BCUT2D eigenvalue weighted by Gasteiger charge is -1.98. The molecule has 39 heavy (non-hydrogen) atoms. The van der Waals surface area contributed by atoms with E-state index in [9.17, 15) is 0 Å². The highest BCUT2D eigenvalue weighted by Gasteiger charge is 1.97. The van der Waals surface area contributed by atoms with Crippen LogP contribution in [0.3, 0.4) is 0 Å². The average Bonchev–Trinajstić information content (AvgIpc) is 3.30. The SMILES string of the molecule is CC.CC.CC.Cc1ccc2ccccc2c1.Cc1cccc2ccccc12.Cn1c(=S)sc2ccccc21. The number of fused-ring (bicyclic) bond motifs is 3. The van der Waals surface area contributed by atoms with Crippen LogP contribution < -0.4 is 0 Å². The second-order valence-corrected chi connectivity index (χ2v) is 9.72. The second kappa shape index (κ2) is 18.9. The Labute approximate surface area is 245 Å². The van der Waals surface area contributed by atoms with Crippen molar-refractivity contribution in [2.75, 3.05) is 0 Å². The molecule has 0 aliphatic rings. The number of aromatic nitrogens is 1. The molecule has 6 aromatic rings. The fourth-order valence-electron chi connectivity index (χ4n) is 3.78. The summed E-state index contributed by atoms with van der Waals surface area (Å²) in [6.45, 7) is 16.3. The van der Waals surface area contributed by atoms with E-state index < -0.39 is 0 Å². The summed E-state index contributed by atoms with van der Waals surface area (Å²) in [5, 5.41) is 5.33. The third kappa shape index (κ3) is 10.1. The molecular weight excluding hydrogens is 511 g/mol. The molecule has 1 nitrogen and oxygen atoms in total. The maximum absolute atomic E-state index is 5.14. The molecule has 0 fully saturated rings. The topological polar surface area (TPSA) is 4.93 Å². The molecule has 0 bridgehead atoms. The van der Waals surface area contributed by atoms with Crippen molar-refractivity contribution >= 4 is 55.3 Å². The van der Waals surface area contributed by atoms with Gasteiger partial charge < -0.3 is 4.57 Å². The maximum atomic E-state index is 5.14. The summed E-state index contributed by atoms with van der Waals surface area (Å²) >= 11 is 6.79. The van der Waals surface area contributed by atoms with Crippen LogP contribution in [0.2, 0.25) is 0 Å². The van der Waals surface area contributed by atoms with E-state index in [1.165, 1.54) is 42.9 Å². The number of hydrogen-bond acceptors (Lipinski definition) is 2. The predicted molar refractivity (Wildman–Crippen MR) is 183 cm³/mol. The first kappa shape index (κ1) is 33.8. The smallest absolute Gasteiger partial charge is 0.161 e. The van der Waals surface area contributed by atoms with Crippen LogP contribution in [-0.2, 0) is 7.05 Å². The van der Waals surface area contributed by atoms with Gasteiger partial charge in [0, 0.05) is 7.05 Å². The molecule has 0 N–H and O–H groups in total. The fraction of sp³-hybridized carbons (Fsp3) is 0.250. The van der Waals surface area contributed by atoms with E-state index in [2.05, 4.69) is 111 Å². The van der Waals surface area contributed by atoms with Crippen LogP contribution in [-0.4, -0.2) is 4.57 Å². The molecule has 0 amide bonds. The average molecular weight is 556 g/mol. The van der Waals surface area contributed by atoms with Gasteiger partial charge in [-0.2, -0.15) is 0 Å². The van der Waals surface area contributed by atoms with Crippen LogP contribution >= 0.6 is 23.6 Å². The Kier molecular flexibility index (Phi) is 16.4. The number of para-hydroxylation sites is 1. The summed E-state index contributed by atoms with van der Waals surface area (Å²) in [5.41, 5.74) is 3.90. The van der Waals surface area contributed by atoms with Crippen LogP contribution in [0.1, 0.15) is 52.7 Å². The van der Waals surface area contributed by atoms with Crippen LogP contribution in [0.15, 0.2) is 109 Å². The Morgan fingerprint density at radius 1 is 0.564 bits per heavy atom. The number of aryl methyl sites for hydroxylation is 3. The molecular formula is C36H45NS2. The van der Waals surface area contributed by atoms with E-state index in [0.717, 1.165) is 3.95 Å². The normalized spacial score (nSPS) is 9.26. The Morgan fingerprint density at radius 2 is 1.10 bits per heavy atom. The highest BCUT2D eigenvalue weighted by atomic mass is 32.1. The predicted octanol–water partition coefficient (Wildman–Crippen LogP) is 12.3. The molecule has 0 unspecified atom stereocenters. The molecule has 0 saturated heterocycles. The largest absolute Gasteiger partial charge is 0.326 e. The Bertz CT molecular complexity index is 1560. The van der Waals surface area contributed by atoms with Crippen molar-refractivity contribution in [3.63, 3.8) is 0 Å². The molecule has 3 heteroatoms.